The van der Waals surface area contributed by atoms with Crippen LogP contribution in [-0.2, 0) is 38.0 Å². The molecule has 14 N–H and O–H groups in total. The maximum atomic E-state index is 14.6. The number of aromatic hydroxyl groups is 11. The zero-order valence-corrected chi connectivity index (χ0v) is 33.2. The zero-order chi connectivity index (χ0) is 49.4. The number of benzene rings is 4. The van der Waals surface area contributed by atoms with E-state index in [4.69, 9.17) is 33.2 Å². The first-order chi connectivity index (χ1) is 31.9. The van der Waals surface area contributed by atoms with Gasteiger partial charge in [0.25, 0.3) is 5.79 Å². The van der Waals surface area contributed by atoms with Crippen LogP contribution in [0.5, 0.6) is 69.0 Å². The van der Waals surface area contributed by atoms with Crippen molar-refractivity contribution in [3.05, 3.63) is 69.8 Å². The van der Waals surface area contributed by atoms with Gasteiger partial charge < -0.3 is 105 Å². The van der Waals surface area contributed by atoms with Crippen LogP contribution in [0.1, 0.15) is 52.9 Å². The van der Waals surface area contributed by atoms with Gasteiger partial charge in [0, 0.05) is 16.7 Å². The molecule has 1 fully saturated rings. The van der Waals surface area contributed by atoms with Crippen molar-refractivity contribution in [2.75, 3.05) is 6.61 Å². The number of ether oxygens (including phenoxy) is 7. The average Bonchev–Trinajstić information content (AvgIpc) is 3.28. The molecule has 6 bridgehead atoms. The molecule has 7 atom stereocenters. The van der Waals surface area contributed by atoms with Gasteiger partial charge in [0.1, 0.15) is 12.7 Å². The van der Waals surface area contributed by atoms with Gasteiger partial charge in [0.2, 0.25) is 35.4 Å². The van der Waals surface area contributed by atoms with Crippen LogP contribution in [0.3, 0.4) is 0 Å². The first-order valence-electron chi connectivity index (χ1n) is 19.1. The van der Waals surface area contributed by atoms with E-state index in [2.05, 4.69) is 0 Å². The molecule has 4 aromatic rings. The number of cyclic esters (lactones) is 1. The van der Waals surface area contributed by atoms with Gasteiger partial charge in [-0.2, -0.15) is 0 Å². The summed E-state index contributed by atoms with van der Waals surface area (Å²) in [6, 6.07) is 2.32. The number of aliphatic hydroxyl groups is 3. The molecule has 4 aromatic carbocycles. The van der Waals surface area contributed by atoms with Crippen LogP contribution in [-0.4, -0.2) is 156 Å². The number of phenols is 11. The fraction of sp³-hybridized carbons (Fsp3) is 0.220. The van der Waals surface area contributed by atoms with Crippen molar-refractivity contribution >= 4 is 35.6 Å². The number of hydrogen-bond donors (Lipinski definition) is 14. The van der Waals surface area contributed by atoms with E-state index in [9.17, 15) is 100 Å². The van der Waals surface area contributed by atoms with E-state index in [0.717, 1.165) is 0 Å². The van der Waals surface area contributed by atoms with Crippen LogP contribution in [0.4, 0.5) is 0 Å². The van der Waals surface area contributed by atoms with Gasteiger partial charge in [-0.3, -0.25) is 4.79 Å². The smallest absolute Gasteiger partial charge is 0.340 e. The summed E-state index contributed by atoms with van der Waals surface area (Å²) in [5.41, 5.74) is -8.48. The number of fused-ring (bicyclic) bond motifs is 4. The maximum absolute atomic E-state index is 14.6. The van der Waals surface area contributed by atoms with Gasteiger partial charge in [0.15, 0.2) is 64.0 Å². The predicted octanol–water partition coefficient (Wildman–Crippen LogP) is -1.10. The Bertz CT molecular complexity index is 3020. The number of esters is 5. The monoisotopic (exact) mass is 952 g/mol. The highest BCUT2D eigenvalue weighted by molar-refractivity contribution is 6.10. The third kappa shape index (κ3) is 6.21. The molecule has 1 saturated heterocycles. The summed E-state index contributed by atoms with van der Waals surface area (Å²) in [6.07, 6.45) is -12.1. The number of rotatable bonds is 2. The molecular weight excluding hydrogens is 924 g/mol. The predicted molar refractivity (Wildman–Crippen MR) is 204 cm³/mol. The lowest BCUT2D eigenvalue weighted by Gasteiger charge is -2.49. The van der Waals surface area contributed by atoms with Crippen molar-refractivity contribution < 1.29 is 133 Å². The third-order valence-corrected chi connectivity index (χ3v) is 11.5. The van der Waals surface area contributed by atoms with E-state index in [0.29, 0.717) is 30.3 Å². The molecule has 68 heavy (non-hydrogen) atoms. The quantitative estimate of drug-likeness (QED) is 0.0491. The van der Waals surface area contributed by atoms with Crippen molar-refractivity contribution in [2.24, 2.45) is 0 Å². The van der Waals surface area contributed by atoms with E-state index >= 15 is 0 Å². The number of hydrogen-bond acceptors (Lipinski definition) is 27. The van der Waals surface area contributed by atoms with Crippen LogP contribution in [0.2, 0.25) is 0 Å². The average molecular weight is 953 g/mol. The summed E-state index contributed by atoms with van der Waals surface area (Å²) in [5.74, 6) is -36.5. The molecule has 0 amide bonds. The van der Waals surface area contributed by atoms with Crippen LogP contribution < -0.4 is 4.74 Å². The lowest BCUT2D eigenvalue weighted by atomic mass is 9.70. The molecule has 1 unspecified atom stereocenters. The van der Waals surface area contributed by atoms with E-state index < -0.39 is 204 Å². The third-order valence-electron chi connectivity index (χ3n) is 11.5. The van der Waals surface area contributed by atoms with Crippen molar-refractivity contribution in [3.63, 3.8) is 0 Å². The molecule has 27 heteroatoms. The van der Waals surface area contributed by atoms with Gasteiger partial charge in [-0.15, -0.1) is 0 Å². The van der Waals surface area contributed by atoms with Crippen molar-refractivity contribution in [3.8, 4) is 80.1 Å². The zero-order valence-electron chi connectivity index (χ0n) is 33.2. The number of carbonyl (C=O) groups excluding carboxylic acids is 6. The topological polar surface area (TPSA) is 450 Å². The fourth-order valence-electron chi connectivity index (χ4n) is 8.25. The molecule has 1 aliphatic carbocycles. The van der Waals surface area contributed by atoms with Gasteiger partial charge in [-0.05, 0) is 36.4 Å². The van der Waals surface area contributed by atoms with Gasteiger partial charge in [-0.25, -0.2) is 24.0 Å². The molecule has 0 aromatic heterocycles. The Labute approximate surface area is 373 Å². The SMILES string of the molecule is O=C1O[C@H]2[C@@H]3OC(=O)c4cc(O)c(O)c(O)c4-c4c(cc(O)c(O)c4O)C(=O)OC[C@H]2O[C@@H](OC(=O)c2cc(O)c(O)c(O)c2)[C@@H]3OC(=O)c2cc(O)c(O)c3c2C2C1=CC(=O)[C@](O)(O3)C2(O)O. The Hall–Kier alpha value is -8.92. The maximum Gasteiger partial charge on any atom is 0.340 e. The van der Waals surface area contributed by atoms with E-state index in [1.165, 1.54) is 0 Å². The van der Waals surface area contributed by atoms with Crippen LogP contribution in [0, 0.1) is 0 Å². The minimum Gasteiger partial charge on any atom is -0.504 e. The summed E-state index contributed by atoms with van der Waals surface area (Å²) in [4.78, 5) is 84.8. The number of phenolic OH excluding ortho intramolecular Hbond substituents is 11. The molecular formula is C41H28O27. The van der Waals surface area contributed by atoms with E-state index in [1.807, 2.05) is 0 Å². The van der Waals surface area contributed by atoms with Crippen LogP contribution >= 0.6 is 0 Å². The van der Waals surface area contributed by atoms with Gasteiger partial charge >= 0.3 is 35.6 Å². The second-order valence-corrected chi connectivity index (χ2v) is 15.5. The second-order valence-electron chi connectivity index (χ2n) is 15.5. The molecule has 0 radical (unpaired) electrons. The summed E-state index contributed by atoms with van der Waals surface area (Å²) in [6.45, 7) is -1.31. The van der Waals surface area contributed by atoms with E-state index in [1.54, 1.807) is 0 Å². The highest BCUT2D eigenvalue weighted by Gasteiger charge is 2.70. The lowest BCUT2D eigenvalue weighted by molar-refractivity contribution is -0.339. The molecule has 4 heterocycles. The Kier molecular flexibility index (Phi) is 9.64. The Morgan fingerprint density at radius 1 is 0.574 bits per heavy atom. The normalized spacial score (nSPS) is 25.7. The number of carbonyl (C=O) groups is 6. The van der Waals surface area contributed by atoms with Crippen molar-refractivity contribution in [2.45, 2.75) is 48.2 Å². The summed E-state index contributed by atoms with van der Waals surface area (Å²) in [7, 11) is 0. The Morgan fingerprint density at radius 3 is 1.68 bits per heavy atom. The molecule has 27 nitrogen and oxygen atoms in total. The van der Waals surface area contributed by atoms with Gasteiger partial charge in [-0.1, -0.05) is 0 Å². The second kappa shape index (κ2) is 14.8. The molecule has 0 spiro atoms. The molecule has 5 aliphatic rings. The Balaban J connectivity index is 1.30. The molecule has 354 valence electrons. The number of ketones is 1. The highest BCUT2D eigenvalue weighted by atomic mass is 16.8. The van der Waals surface area contributed by atoms with Gasteiger partial charge in [0.05, 0.1) is 33.7 Å². The largest absolute Gasteiger partial charge is 0.504 e. The fourth-order valence-corrected chi connectivity index (χ4v) is 8.25. The van der Waals surface area contributed by atoms with Crippen molar-refractivity contribution in [1.29, 1.82) is 0 Å². The minimum atomic E-state index is -3.98. The minimum absolute atomic E-state index is 0.264. The summed E-state index contributed by atoms with van der Waals surface area (Å²) < 4.78 is 38.9. The van der Waals surface area contributed by atoms with Crippen LogP contribution in [0.15, 0.2) is 42.0 Å². The Morgan fingerprint density at radius 2 is 1.07 bits per heavy atom. The highest BCUT2D eigenvalue weighted by Crippen LogP contribution is 2.59. The first-order valence-corrected chi connectivity index (χ1v) is 19.1. The summed E-state index contributed by atoms with van der Waals surface area (Å²) >= 11 is 0. The first kappa shape index (κ1) is 44.3. The summed E-state index contributed by atoms with van der Waals surface area (Å²) in [5, 5.41) is 150. The van der Waals surface area contributed by atoms with Crippen LogP contribution in [0.25, 0.3) is 11.1 Å². The molecule has 0 saturated carbocycles. The molecule has 4 aliphatic heterocycles. The molecule has 9 rings (SSSR count). The standard InChI is InChI=1S/C41H28O27/c42-13-1-8(2-14(43)24(13)48)34(54)67-39-33-32-30(64-38(58)12-6-19(47)41(61)40(59,60)23(12)22-11(37(57)66-33)5-17(46)27(51)31(22)68-41)18(63-39)7-62-35(55)9-3-15(44)25(49)28(52)20(9)21-10(36(56)65-32)4-16(45)26(50)29(21)53/h1-6,18,23,30,32-33,39,42-46,48-53,59-61H,7H2/t18-,23?,30-,32+,33-,39+,41+/m1/s1. The van der Waals surface area contributed by atoms with Crippen molar-refractivity contribution in [1.82, 2.24) is 0 Å². The van der Waals surface area contributed by atoms with E-state index in [-0.39, 0.29) is 6.08 Å². The lowest BCUT2D eigenvalue weighted by Crippen LogP contribution is -2.70.